The first kappa shape index (κ1) is 23.1. The maximum atomic E-state index is 13.6. The lowest BCUT2D eigenvalue weighted by Crippen LogP contribution is -2.40. The van der Waals surface area contributed by atoms with E-state index in [0.29, 0.717) is 42.5 Å². The first-order chi connectivity index (χ1) is 16.0. The maximum absolute atomic E-state index is 13.6. The lowest BCUT2D eigenvalue weighted by molar-refractivity contribution is -0.138. The second-order valence-electron chi connectivity index (χ2n) is 8.89. The molecule has 1 saturated heterocycles. The molecule has 2 aliphatic rings. The van der Waals surface area contributed by atoms with Crippen molar-refractivity contribution in [2.75, 3.05) is 31.2 Å². The van der Waals surface area contributed by atoms with Crippen molar-refractivity contribution in [2.24, 2.45) is 5.92 Å². The fourth-order valence-corrected chi connectivity index (χ4v) is 4.29. The van der Waals surface area contributed by atoms with Crippen molar-refractivity contribution in [3.8, 4) is 5.75 Å². The largest absolute Gasteiger partial charge is 0.493 e. The van der Waals surface area contributed by atoms with Crippen LogP contribution in [0.3, 0.4) is 0 Å². The van der Waals surface area contributed by atoms with Crippen LogP contribution in [0.4, 0.5) is 5.69 Å². The molecule has 0 N–H and O–H groups in total. The number of anilines is 1. The molecule has 0 saturated carbocycles. The summed E-state index contributed by atoms with van der Waals surface area (Å²) in [5.74, 6) is 0.633. The summed E-state index contributed by atoms with van der Waals surface area (Å²) in [7, 11) is 0. The number of rotatable bonds is 9. The van der Waals surface area contributed by atoms with Crippen molar-refractivity contribution in [3.63, 3.8) is 0 Å². The Kier molecular flexibility index (Phi) is 7.14. The predicted octanol–water partition coefficient (Wildman–Crippen LogP) is 4.51. The molecule has 6 nitrogen and oxygen atoms in total. The molecule has 1 fully saturated rings. The number of benzene rings is 2. The smallest absolute Gasteiger partial charge is 0.278 e. The number of likely N-dealkylation sites (N-methyl/N-ethyl adjacent to an activating group) is 1. The predicted molar refractivity (Wildman–Crippen MR) is 129 cm³/mol. The molecule has 0 radical (unpaired) electrons. The second-order valence-corrected chi connectivity index (χ2v) is 8.89. The van der Waals surface area contributed by atoms with Crippen molar-refractivity contribution < 1.29 is 19.1 Å². The fraction of sp³-hybridized carbons (Fsp3) is 0.407. The molecule has 0 spiro atoms. The Labute approximate surface area is 195 Å². The van der Waals surface area contributed by atoms with Crippen molar-refractivity contribution in [3.05, 3.63) is 65.9 Å². The SMILES string of the molecule is CCN(C1=C(c2ccc(OCC(C)C)cc2)C(=O)N(CC2CCCO2)C1=O)c1ccccc1. The molecular formula is C27H32N2O4. The van der Waals surface area contributed by atoms with E-state index >= 15 is 0 Å². The van der Waals surface area contributed by atoms with Gasteiger partial charge in [-0.25, -0.2) is 0 Å². The third-order valence-corrected chi connectivity index (χ3v) is 5.93. The number of nitrogens with zero attached hydrogens (tertiary/aromatic N) is 2. The van der Waals surface area contributed by atoms with Crippen LogP contribution in [-0.2, 0) is 14.3 Å². The Hall–Kier alpha value is -3.12. The molecule has 1 unspecified atom stereocenters. The molecule has 6 heteroatoms. The van der Waals surface area contributed by atoms with Crippen LogP contribution in [0.1, 0.15) is 39.2 Å². The van der Waals surface area contributed by atoms with E-state index in [1.807, 2.05) is 66.4 Å². The molecule has 0 bridgehead atoms. The van der Waals surface area contributed by atoms with Crippen LogP contribution in [0.25, 0.3) is 5.57 Å². The van der Waals surface area contributed by atoms with Gasteiger partial charge in [0.05, 0.1) is 24.8 Å². The number of carbonyl (C=O) groups is 2. The van der Waals surface area contributed by atoms with Crippen LogP contribution < -0.4 is 9.64 Å². The number of carbonyl (C=O) groups excluding carboxylic acids is 2. The maximum Gasteiger partial charge on any atom is 0.278 e. The van der Waals surface area contributed by atoms with Crippen LogP contribution >= 0.6 is 0 Å². The van der Waals surface area contributed by atoms with Crippen molar-refractivity contribution in [1.82, 2.24) is 4.90 Å². The molecule has 2 aliphatic heterocycles. The lowest BCUT2D eigenvalue weighted by Gasteiger charge is -2.25. The summed E-state index contributed by atoms with van der Waals surface area (Å²) in [6, 6.07) is 17.2. The summed E-state index contributed by atoms with van der Waals surface area (Å²) in [6.07, 6.45) is 1.72. The van der Waals surface area contributed by atoms with Crippen molar-refractivity contribution in [2.45, 2.75) is 39.7 Å². The molecule has 33 heavy (non-hydrogen) atoms. The van der Waals surface area contributed by atoms with Crippen LogP contribution in [0, 0.1) is 5.92 Å². The van der Waals surface area contributed by atoms with Gasteiger partial charge in [-0.05, 0) is 55.5 Å². The van der Waals surface area contributed by atoms with Gasteiger partial charge in [0.25, 0.3) is 11.8 Å². The van der Waals surface area contributed by atoms with E-state index in [2.05, 4.69) is 13.8 Å². The van der Waals surface area contributed by atoms with E-state index in [9.17, 15) is 9.59 Å². The lowest BCUT2D eigenvalue weighted by atomic mass is 10.0. The number of amides is 2. The molecule has 174 valence electrons. The van der Waals surface area contributed by atoms with Gasteiger partial charge in [0.1, 0.15) is 11.4 Å². The molecule has 2 aromatic carbocycles. The van der Waals surface area contributed by atoms with Gasteiger partial charge < -0.3 is 14.4 Å². The van der Waals surface area contributed by atoms with Crippen molar-refractivity contribution >= 4 is 23.1 Å². The van der Waals surface area contributed by atoms with Gasteiger partial charge in [-0.1, -0.05) is 44.2 Å². The van der Waals surface area contributed by atoms with Gasteiger partial charge in [-0.15, -0.1) is 0 Å². The zero-order valence-electron chi connectivity index (χ0n) is 19.6. The summed E-state index contributed by atoms with van der Waals surface area (Å²) in [4.78, 5) is 30.5. The van der Waals surface area contributed by atoms with Gasteiger partial charge in [-0.2, -0.15) is 0 Å². The summed E-state index contributed by atoms with van der Waals surface area (Å²) in [5.41, 5.74) is 2.44. The number of imide groups is 1. The molecule has 4 rings (SSSR count). The Balaban J connectivity index is 1.72. The van der Waals surface area contributed by atoms with Crippen LogP contribution in [0.5, 0.6) is 5.75 Å². The third kappa shape index (κ3) is 4.96. The minimum Gasteiger partial charge on any atom is -0.493 e. The molecular weight excluding hydrogens is 416 g/mol. The number of ether oxygens (including phenoxy) is 2. The normalized spacial score (nSPS) is 18.5. The monoisotopic (exact) mass is 448 g/mol. The molecule has 2 aromatic rings. The standard InChI is InChI=1S/C27H32N2O4/c1-4-28(21-9-6-5-7-10-21)25-24(20-12-14-22(15-13-20)33-18-19(2)3)26(30)29(27(25)31)17-23-11-8-16-32-23/h5-7,9-10,12-15,19,23H,4,8,11,16-18H2,1-3H3. The number of hydrogen-bond donors (Lipinski definition) is 0. The number of hydrogen-bond acceptors (Lipinski definition) is 5. The Morgan fingerprint density at radius 2 is 1.79 bits per heavy atom. The second kappa shape index (κ2) is 10.2. The van der Waals surface area contributed by atoms with Crippen LogP contribution in [0.15, 0.2) is 60.3 Å². The zero-order chi connectivity index (χ0) is 23.4. The molecule has 2 amide bonds. The highest BCUT2D eigenvalue weighted by atomic mass is 16.5. The van der Waals surface area contributed by atoms with Gasteiger partial charge in [-0.3, -0.25) is 14.5 Å². The molecule has 0 aromatic heterocycles. The molecule has 2 heterocycles. The van der Waals surface area contributed by atoms with Gasteiger partial charge >= 0.3 is 0 Å². The van der Waals surface area contributed by atoms with Crippen LogP contribution in [0.2, 0.25) is 0 Å². The fourth-order valence-electron chi connectivity index (χ4n) is 4.29. The Bertz CT molecular complexity index is 1010. The Morgan fingerprint density at radius 3 is 2.39 bits per heavy atom. The van der Waals surface area contributed by atoms with Crippen molar-refractivity contribution in [1.29, 1.82) is 0 Å². The first-order valence-electron chi connectivity index (χ1n) is 11.8. The highest BCUT2D eigenvalue weighted by Crippen LogP contribution is 2.35. The average molecular weight is 449 g/mol. The summed E-state index contributed by atoms with van der Waals surface area (Å²) in [6.45, 7) is 8.33. The average Bonchev–Trinajstić information content (AvgIpc) is 3.42. The minimum absolute atomic E-state index is 0.0999. The zero-order valence-corrected chi connectivity index (χ0v) is 19.6. The van der Waals surface area contributed by atoms with Gasteiger partial charge in [0.15, 0.2) is 0 Å². The van der Waals surface area contributed by atoms with E-state index in [-0.39, 0.29) is 24.5 Å². The third-order valence-electron chi connectivity index (χ3n) is 5.93. The Morgan fingerprint density at radius 1 is 1.06 bits per heavy atom. The summed E-state index contributed by atoms with van der Waals surface area (Å²) < 4.78 is 11.5. The number of para-hydroxylation sites is 1. The highest BCUT2D eigenvalue weighted by Gasteiger charge is 2.42. The highest BCUT2D eigenvalue weighted by molar-refractivity contribution is 6.36. The quantitative estimate of drug-likeness (QED) is 0.529. The minimum atomic E-state index is -0.268. The summed E-state index contributed by atoms with van der Waals surface area (Å²) in [5, 5.41) is 0. The molecule has 0 aliphatic carbocycles. The topological polar surface area (TPSA) is 59.1 Å². The van der Waals surface area contributed by atoms with Crippen LogP contribution in [-0.4, -0.2) is 49.1 Å². The van der Waals surface area contributed by atoms with E-state index in [4.69, 9.17) is 9.47 Å². The molecule has 1 atom stereocenters. The first-order valence-corrected chi connectivity index (χ1v) is 11.8. The van der Waals surface area contributed by atoms with E-state index in [0.717, 1.165) is 24.3 Å². The van der Waals surface area contributed by atoms with Gasteiger partial charge in [0, 0.05) is 18.8 Å². The van der Waals surface area contributed by atoms with E-state index in [1.165, 1.54) is 4.90 Å². The summed E-state index contributed by atoms with van der Waals surface area (Å²) >= 11 is 0. The van der Waals surface area contributed by atoms with E-state index < -0.39 is 0 Å². The van der Waals surface area contributed by atoms with E-state index in [1.54, 1.807) is 0 Å². The van der Waals surface area contributed by atoms with Gasteiger partial charge in [0.2, 0.25) is 0 Å².